The zero-order valence-corrected chi connectivity index (χ0v) is 8.29. The highest BCUT2D eigenvalue weighted by atomic mass is 16.7. The minimum absolute atomic E-state index is 0.216. The van der Waals surface area contributed by atoms with Crippen molar-refractivity contribution in [1.82, 2.24) is 0 Å². The molecular weight excluding hydrogens is 156 g/mol. The summed E-state index contributed by atoms with van der Waals surface area (Å²) in [7, 11) is 3.38. The summed E-state index contributed by atoms with van der Waals surface area (Å²) < 4.78 is 16.3. The van der Waals surface area contributed by atoms with Crippen molar-refractivity contribution in [2.24, 2.45) is 0 Å². The molecule has 0 saturated carbocycles. The smallest absolute Gasteiger partial charge is 0.172 e. The Balaban J connectivity index is 2.62. The molecule has 0 aromatic rings. The van der Waals surface area contributed by atoms with Gasteiger partial charge in [0.2, 0.25) is 0 Å². The molecule has 1 fully saturated rings. The van der Waals surface area contributed by atoms with E-state index in [0.29, 0.717) is 0 Å². The van der Waals surface area contributed by atoms with Crippen LogP contribution in [0.5, 0.6) is 0 Å². The monoisotopic (exact) mass is 174 g/mol. The maximum absolute atomic E-state index is 5.59. The number of hydrogen-bond acceptors (Lipinski definition) is 3. The maximum atomic E-state index is 5.59. The molecule has 1 heterocycles. The van der Waals surface area contributed by atoms with Crippen molar-refractivity contribution in [3.8, 4) is 0 Å². The van der Waals surface area contributed by atoms with Gasteiger partial charge >= 0.3 is 0 Å². The van der Waals surface area contributed by atoms with E-state index in [1.165, 1.54) is 0 Å². The lowest BCUT2D eigenvalue weighted by molar-refractivity contribution is -0.268. The van der Waals surface area contributed by atoms with Crippen LogP contribution in [0.2, 0.25) is 0 Å². The maximum Gasteiger partial charge on any atom is 0.172 e. The van der Waals surface area contributed by atoms with Crippen molar-refractivity contribution in [2.75, 3.05) is 14.2 Å². The van der Waals surface area contributed by atoms with Gasteiger partial charge in [-0.1, -0.05) is 0 Å². The first-order valence-corrected chi connectivity index (χ1v) is 4.37. The second-order valence-corrected chi connectivity index (χ2v) is 3.48. The fourth-order valence-corrected chi connectivity index (χ4v) is 1.87. The van der Waals surface area contributed by atoms with E-state index < -0.39 is 5.79 Å². The molecule has 12 heavy (non-hydrogen) atoms. The third-order valence-corrected chi connectivity index (χ3v) is 2.41. The minimum Gasteiger partial charge on any atom is -0.375 e. The first kappa shape index (κ1) is 9.96. The molecule has 1 saturated heterocycles. The number of ether oxygens (including phenoxy) is 3. The minimum atomic E-state index is -0.420. The largest absolute Gasteiger partial charge is 0.375 e. The fourth-order valence-electron chi connectivity index (χ4n) is 1.87. The highest BCUT2D eigenvalue weighted by Gasteiger charge is 2.38. The molecule has 0 aliphatic carbocycles. The van der Waals surface area contributed by atoms with Gasteiger partial charge in [-0.3, -0.25) is 0 Å². The number of hydrogen-bond donors (Lipinski definition) is 0. The number of methoxy groups -OCH3 is 2. The average molecular weight is 174 g/mol. The summed E-state index contributed by atoms with van der Waals surface area (Å²) in [5.74, 6) is -0.420. The molecule has 72 valence electrons. The molecule has 0 unspecified atom stereocenters. The zero-order valence-electron chi connectivity index (χ0n) is 8.29. The van der Waals surface area contributed by atoms with Crippen LogP contribution in [0.25, 0.3) is 0 Å². The van der Waals surface area contributed by atoms with E-state index in [2.05, 4.69) is 0 Å². The van der Waals surface area contributed by atoms with Gasteiger partial charge in [0.25, 0.3) is 0 Å². The van der Waals surface area contributed by atoms with E-state index in [9.17, 15) is 0 Å². The Hall–Kier alpha value is -0.120. The Morgan fingerprint density at radius 2 is 1.50 bits per heavy atom. The van der Waals surface area contributed by atoms with Crippen LogP contribution in [0.1, 0.15) is 26.7 Å². The van der Waals surface area contributed by atoms with Crippen molar-refractivity contribution in [3.63, 3.8) is 0 Å². The van der Waals surface area contributed by atoms with Gasteiger partial charge in [0.1, 0.15) is 0 Å². The Bertz CT molecular complexity index is 131. The normalized spacial score (nSPS) is 35.0. The number of rotatable bonds is 2. The topological polar surface area (TPSA) is 27.7 Å². The van der Waals surface area contributed by atoms with Gasteiger partial charge < -0.3 is 14.2 Å². The summed E-state index contributed by atoms with van der Waals surface area (Å²) in [6, 6.07) is 0. The predicted octanol–water partition coefficient (Wildman–Crippen LogP) is 1.56. The van der Waals surface area contributed by atoms with Gasteiger partial charge in [-0.2, -0.15) is 0 Å². The Labute approximate surface area is 74.0 Å². The Morgan fingerprint density at radius 3 is 1.83 bits per heavy atom. The van der Waals surface area contributed by atoms with Crippen molar-refractivity contribution in [2.45, 2.75) is 44.7 Å². The summed E-state index contributed by atoms with van der Waals surface area (Å²) >= 11 is 0. The molecule has 1 aliphatic rings. The van der Waals surface area contributed by atoms with Crippen LogP contribution in [-0.2, 0) is 14.2 Å². The van der Waals surface area contributed by atoms with Crippen LogP contribution >= 0.6 is 0 Å². The van der Waals surface area contributed by atoms with E-state index in [1.807, 2.05) is 13.8 Å². The summed E-state index contributed by atoms with van der Waals surface area (Å²) in [5.41, 5.74) is 0. The van der Waals surface area contributed by atoms with Crippen LogP contribution in [-0.4, -0.2) is 32.2 Å². The quantitative estimate of drug-likeness (QED) is 0.595. The van der Waals surface area contributed by atoms with Crippen LogP contribution in [0.4, 0.5) is 0 Å². The van der Waals surface area contributed by atoms with Gasteiger partial charge in [0.05, 0.1) is 12.2 Å². The van der Waals surface area contributed by atoms with Gasteiger partial charge in [-0.25, -0.2) is 0 Å². The summed E-state index contributed by atoms with van der Waals surface area (Å²) in [6.07, 6.45) is 2.05. The van der Waals surface area contributed by atoms with E-state index >= 15 is 0 Å². The van der Waals surface area contributed by atoms with Crippen molar-refractivity contribution < 1.29 is 14.2 Å². The summed E-state index contributed by atoms with van der Waals surface area (Å²) in [5, 5.41) is 0. The van der Waals surface area contributed by atoms with Crippen molar-refractivity contribution in [3.05, 3.63) is 0 Å². The van der Waals surface area contributed by atoms with Crippen molar-refractivity contribution >= 4 is 0 Å². The molecule has 0 N–H and O–H groups in total. The van der Waals surface area contributed by atoms with E-state index in [-0.39, 0.29) is 12.2 Å². The molecule has 3 heteroatoms. The lowest BCUT2D eigenvalue weighted by Gasteiger charge is -2.40. The molecule has 3 nitrogen and oxygen atoms in total. The molecule has 0 amide bonds. The van der Waals surface area contributed by atoms with Gasteiger partial charge in [0, 0.05) is 27.1 Å². The van der Waals surface area contributed by atoms with Crippen LogP contribution in [0.3, 0.4) is 0 Å². The van der Waals surface area contributed by atoms with E-state index in [4.69, 9.17) is 14.2 Å². The van der Waals surface area contributed by atoms with Crippen molar-refractivity contribution in [1.29, 1.82) is 0 Å². The highest BCUT2D eigenvalue weighted by molar-refractivity contribution is 4.80. The second kappa shape index (κ2) is 3.73. The first-order chi connectivity index (χ1) is 5.62. The third kappa shape index (κ3) is 1.97. The first-order valence-electron chi connectivity index (χ1n) is 4.37. The predicted molar refractivity (Wildman–Crippen MR) is 46.0 cm³/mol. The summed E-state index contributed by atoms with van der Waals surface area (Å²) in [4.78, 5) is 0. The third-order valence-electron chi connectivity index (χ3n) is 2.41. The zero-order chi connectivity index (χ0) is 9.19. The standard InChI is InChI=1S/C9H18O3/c1-7-5-9(10-3,11-4)6-8(2)12-7/h7-8H,5-6H2,1-4H3/t7-,8+. The van der Waals surface area contributed by atoms with E-state index in [0.717, 1.165) is 12.8 Å². The molecule has 1 rings (SSSR count). The Morgan fingerprint density at radius 1 is 1.08 bits per heavy atom. The molecular formula is C9H18O3. The Kier molecular flexibility index (Phi) is 3.09. The van der Waals surface area contributed by atoms with Crippen LogP contribution in [0, 0.1) is 0 Å². The average Bonchev–Trinajstić information content (AvgIpc) is 2.02. The van der Waals surface area contributed by atoms with Crippen LogP contribution < -0.4 is 0 Å². The van der Waals surface area contributed by atoms with Gasteiger partial charge in [-0.05, 0) is 13.8 Å². The molecule has 0 aromatic heterocycles. The molecule has 0 spiro atoms. The highest BCUT2D eigenvalue weighted by Crippen LogP contribution is 2.31. The van der Waals surface area contributed by atoms with Gasteiger partial charge in [-0.15, -0.1) is 0 Å². The molecule has 0 radical (unpaired) electrons. The second-order valence-electron chi connectivity index (χ2n) is 3.48. The van der Waals surface area contributed by atoms with E-state index in [1.54, 1.807) is 14.2 Å². The van der Waals surface area contributed by atoms with Crippen LogP contribution in [0.15, 0.2) is 0 Å². The van der Waals surface area contributed by atoms with Gasteiger partial charge in [0.15, 0.2) is 5.79 Å². The lowest BCUT2D eigenvalue weighted by Crippen LogP contribution is -2.46. The molecule has 0 bridgehead atoms. The molecule has 2 atom stereocenters. The fraction of sp³-hybridized carbons (Fsp3) is 1.00. The molecule has 0 aromatic carbocycles. The summed E-state index contributed by atoms with van der Waals surface area (Å²) in [6.45, 7) is 4.09. The lowest BCUT2D eigenvalue weighted by atomic mass is 9.98. The SMILES string of the molecule is COC1(OC)C[C@@H](C)O[C@@H](C)C1. The molecule has 1 aliphatic heterocycles.